The van der Waals surface area contributed by atoms with Crippen LogP contribution in [0.15, 0.2) is 73.2 Å². The summed E-state index contributed by atoms with van der Waals surface area (Å²) in [5, 5.41) is 6.22. The maximum atomic E-state index is 12.8. The van der Waals surface area contributed by atoms with E-state index in [0.717, 1.165) is 27.9 Å². The number of rotatable bonds is 6. The van der Waals surface area contributed by atoms with Gasteiger partial charge in [0.05, 0.1) is 0 Å². The lowest BCUT2D eigenvalue weighted by molar-refractivity contribution is 0.101. The van der Waals surface area contributed by atoms with Crippen molar-refractivity contribution >= 4 is 17.5 Å². The number of benzene rings is 2. The zero-order valence-electron chi connectivity index (χ0n) is 17.9. The monoisotopic (exact) mass is 411 g/mol. The highest BCUT2D eigenvalue weighted by Gasteiger charge is 2.14. The van der Waals surface area contributed by atoms with Gasteiger partial charge in [0, 0.05) is 49.0 Å². The van der Waals surface area contributed by atoms with Gasteiger partial charge in [-0.25, -0.2) is 9.97 Å². The van der Waals surface area contributed by atoms with Gasteiger partial charge in [0.25, 0.3) is 5.91 Å². The van der Waals surface area contributed by atoms with Crippen molar-refractivity contribution in [3.8, 4) is 11.1 Å². The smallest absolute Gasteiger partial charge is 0.272 e. The largest absolute Gasteiger partial charge is 0.350 e. The van der Waals surface area contributed by atoms with Crippen LogP contribution in [0, 0.1) is 13.8 Å². The van der Waals surface area contributed by atoms with Crippen LogP contribution in [0.1, 0.15) is 27.2 Å². The average Bonchev–Trinajstić information content (AvgIpc) is 3.17. The SMILES string of the molecule is Cc1ccc(NC(=O)c2cc(-c3cnc(NCc4ccccc4)nc3)cn2C)c(C)c1. The Morgan fingerprint density at radius 1 is 0.968 bits per heavy atom. The van der Waals surface area contributed by atoms with E-state index in [2.05, 4.69) is 38.8 Å². The van der Waals surface area contributed by atoms with Gasteiger partial charge in [-0.1, -0.05) is 48.0 Å². The predicted molar refractivity (Wildman–Crippen MR) is 124 cm³/mol. The summed E-state index contributed by atoms with van der Waals surface area (Å²) in [5.41, 5.74) is 6.50. The molecule has 2 aromatic heterocycles. The van der Waals surface area contributed by atoms with Crippen LogP contribution >= 0.6 is 0 Å². The lowest BCUT2D eigenvalue weighted by atomic mass is 10.1. The van der Waals surface area contributed by atoms with Crippen molar-refractivity contribution in [1.82, 2.24) is 14.5 Å². The fourth-order valence-electron chi connectivity index (χ4n) is 3.43. The molecule has 6 nitrogen and oxygen atoms in total. The van der Waals surface area contributed by atoms with Gasteiger partial charge in [0.1, 0.15) is 5.69 Å². The van der Waals surface area contributed by atoms with Gasteiger partial charge in [-0.05, 0) is 37.1 Å². The summed E-state index contributed by atoms with van der Waals surface area (Å²) < 4.78 is 1.82. The summed E-state index contributed by atoms with van der Waals surface area (Å²) in [6, 6.07) is 17.9. The average molecular weight is 412 g/mol. The molecular weight excluding hydrogens is 386 g/mol. The minimum Gasteiger partial charge on any atom is -0.350 e. The summed E-state index contributed by atoms with van der Waals surface area (Å²) >= 11 is 0. The molecule has 4 aromatic rings. The summed E-state index contributed by atoms with van der Waals surface area (Å²) in [4.78, 5) is 21.6. The van der Waals surface area contributed by atoms with Crippen LogP contribution in [0.3, 0.4) is 0 Å². The van der Waals surface area contributed by atoms with Gasteiger partial charge in [-0.3, -0.25) is 4.79 Å². The molecule has 0 saturated carbocycles. The summed E-state index contributed by atoms with van der Waals surface area (Å²) in [6.45, 7) is 4.69. The molecule has 0 radical (unpaired) electrons. The second-order valence-corrected chi connectivity index (χ2v) is 7.63. The molecule has 0 fully saturated rings. The summed E-state index contributed by atoms with van der Waals surface area (Å²) in [5.74, 6) is 0.416. The van der Waals surface area contributed by atoms with Crippen LogP contribution in [-0.4, -0.2) is 20.4 Å². The van der Waals surface area contributed by atoms with Crippen LogP contribution in [-0.2, 0) is 13.6 Å². The standard InChI is InChI=1S/C25H25N5O/c1-17-9-10-22(18(2)11-17)29-24(31)23-12-20(16-30(23)3)21-14-27-25(28-15-21)26-13-19-7-5-4-6-8-19/h4-12,14-16H,13H2,1-3H3,(H,29,31)(H,26,27,28). The van der Waals surface area contributed by atoms with Crippen molar-refractivity contribution in [2.45, 2.75) is 20.4 Å². The fraction of sp³-hybridized carbons (Fsp3) is 0.160. The third kappa shape index (κ3) is 4.80. The highest BCUT2D eigenvalue weighted by Crippen LogP contribution is 2.23. The number of hydrogen-bond donors (Lipinski definition) is 2. The first kappa shape index (κ1) is 20.3. The molecule has 0 bridgehead atoms. The van der Waals surface area contributed by atoms with E-state index in [1.165, 1.54) is 5.56 Å². The van der Waals surface area contributed by atoms with E-state index in [9.17, 15) is 4.79 Å². The molecule has 0 aliphatic carbocycles. The normalized spacial score (nSPS) is 10.7. The Morgan fingerprint density at radius 2 is 1.71 bits per heavy atom. The number of carbonyl (C=O) groups is 1. The first-order valence-electron chi connectivity index (χ1n) is 10.1. The molecule has 2 heterocycles. The number of nitrogens with one attached hydrogen (secondary N) is 2. The third-order valence-corrected chi connectivity index (χ3v) is 5.15. The van der Waals surface area contributed by atoms with E-state index in [1.54, 1.807) is 12.4 Å². The molecule has 31 heavy (non-hydrogen) atoms. The first-order chi connectivity index (χ1) is 15.0. The van der Waals surface area contributed by atoms with Crippen molar-refractivity contribution in [1.29, 1.82) is 0 Å². The molecule has 4 rings (SSSR count). The van der Waals surface area contributed by atoms with E-state index >= 15 is 0 Å². The number of aromatic nitrogens is 3. The van der Waals surface area contributed by atoms with Crippen molar-refractivity contribution in [3.05, 3.63) is 95.6 Å². The highest BCUT2D eigenvalue weighted by molar-refractivity contribution is 6.04. The molecule has 2 N–H and O–H groups in total. The Hall–Kier alpha value is -3.93. The Balaban J connectivity index is 1.46. The summed E-state index contributed by atoms with van der Waals surface area (Å²) in [7, 11) is 1.86. The summed E-state index contributed by atoms with van der Waals surface area (Å²) in [6.07, 6.45) is 5.44. The zero-order valence-corrected chi connectivity index (χ0v) is 17.9. The molecule has 0 aliphatic rings. The number of hydrogen-bond acceptors (Lipinski definition) is 4. The second kappa shape index (κ2) is 8.83. The lowest BCUT2D eigenvalue weighted by Gasteiger charge is -2.09. The fourth-order valence-corrected chi connectivity index (χ4v) is 3.43. The molecule has 1 amide bonds. The van der Waals surface area contributed by atoms with Gasteiger partial charge in [0.2, 0.25) is 5.95 Å². The lowest BCUT2D eigenvalue weighted by Crippen LogP contribution is -2.15. The minimum absolute atomic E-state index is 0.150. The van der Waals surface area contributed by atoms with Crippen LogP contribution in [0.25, 0.3) is 11.1 Å². The Labute approximate surface area is 182 Å². The van der Waals surface area contributed by atoms with Crippen molar-refractivity contribution in [3.63, 3.8) is 0 Å². The van der Waals surface area contributed by atoms with Crippen LogP contribution in [0.5, 0.6) is 0 Å². The van der Waals surface area contributed by atoms with Crippen molar-refractivity contribution < 1.29 is 4.79 Å². The first-order valence-corrected chi connectivity index (χ1v) is 10.1. The predicted octanol–water partition coefficient (Wildman–Crippen LogP) is 4.96. The zero-order chi connectivity index (χ0) is 21.8. The van der Waals surface area contributed by atoms with E-state index in [4.69, 9.17) is 0 Å². The molecular formula is C25H25N5O. The number of nitrogens with zero attached hydrogens (tertiary/aromatic N) is 3. The van der Waals surface area contributed by atoms with E-state index < -0.39 is 0 Å². The molecule has 0 spiro atoms. The topological polar surface area (TPSA) is 71.8 Å². The maximum Gasteiger partial charge on any atom is 0.272 e. The number of carbonyl (C=O) groups excluding carboxylic acids is 1. The van der Waals surface area contributed by atoms with Crippen LogP contribution in [0.2, 0.25) is 0 Å². The van der Waals surface area contributed by atoms with E-state index in [1.807, 2.05) is 68.1 Å². The minimum atomic E-state index is -0.150. The molecule has 0 unspecified atom stereocenters. The van der Waals surface area contributed by atoms with Gasteiger partial charge < -0.3 is 15.2 Å². The second-order valence-electron chi connectivity index (χ2n) is 7.63. The molecule has 0 aliphatic heterocycles. The molecule has 0 saturated heterocycles. The van der Waals surface area contributed by atoms with Crippen molar-refractivity contribution in [2.75, 3.05) is 10.6 Å². The Morgan fingerprint density at radius 3 is 2.42 bits per heavy atom. The number of amides is 1. The quantitative estimate of drug-likeness (QED) is 0.470. The molecule has 0 atom stereocenters. The van der Waals surface area contributed by atoms with E-state index in [-0.39, 0.29) is 5.91 Å². The maximum absolute atomic E-state index is 12.8. The molecule has 156 valence electrons. The van der Waals surface area contributed by atoms with Gasteiger partial charge in [-0.15, -0.1) is 0 Å². The Kier molecular flexibility index (Phi) is 5.80. The van der Waals surface area contributed by atoms with E-state index in [0.29, 0.717) is 18.2 Å². The highest BCUT2D eigenvalue weighted by atomic mass is 16.1. The molecule has 6 heteroatoms. The number of anilines is 2. The van der Waals surface area contributed by atoms with Crippen molar-refractivity contribution in [2.24, 2.45) is 7.05 Å². The van der Waals surface area contributed by atoms with Crippen LogP contribution < -0.4 is 10.6 Å². The Bertz CT molecular complexity index is 1200. The van der Waals surface area contributed by atoms with Crippen LogP contribution in [0.4, 0.5) is 11.6 Å². The van der Waals surface area contributed by atoms with Gasteiger partial charge in [0.15, 0.2) is 0 Å². The van der Waals surface area contributed by atoms with Gasteiger partial charge >= 0.3 is 0 Å². The third-order valence-electron chi connectivity index (χ3n) is 5.15. The number of aryl methyl sites for hydroxylation is 3. The van der Waals surface area contributed by atoms with Gasteiger partial charge in [-0.2, -0.15) is 0 Å². The molecule has 2 aromatic carbocycles.